The maximum Gasteiger partial charge on any atom is 0.449 e. The molecular formula is C23H26F3NO6. The third kappa shape index (κ3) is 5.61. The van der Waals surface area contributed by atoms with Gasteiger partial charge in [0.15, 0.2) is 6.04 Å². The molecule has 1 aromatic carbocycles. The van der Waals surface area contributed by atoms with Crippen LogP contribution in [0.5, 0.6) is 5.75 Å². The van der Waals surface area contributed by atoms with Crippen molar-refractivity contribution in [3.8, 4) is 5.75 Å². The molecule has 1 atom stereocenters. The third-order valence-corrected chi connectivity index (χ3v) is 4.98. The van der Waals surface area contributed by atoms with Gasteiger partial charge in [-0.05, 0) is 63.4 Å². The van der Waals surface area contributed by atoms with E-state index in [-0.39, 0.29) is 24.5 Å². The highest BCUT2D eigenvalue weighted by molar-refractivity contribution is 5.84. The summed E-state index contributed by atoms with van der Waals surface area (Å²) in [5, 5.41) is 0. The first kappa shape index (κ1) is 24.5. The molecule has 10 heteroatoms. The van der Waals surface area contributed by atoms with Crippen molar-refractivity contribution in [1.29, 1.82) is 0 Å². The minimum atomic E-state index is -4.62. The summed E-state index contributed by atoms with van der Waals surface area (Å²) in [7, 11) is 1.23. The van der Waals surface area contributed by atoms with Crippen LogP contribution in [-0.2, 0) is 33.5 Å². The molecule has 1 aliphatic rings. The first-order chi connectivity index (χ1) is 15.3. The summed E-state index contributed by atoms with van der Waals surface area (Å²) in [6.45, 7) is 6.47. The second-order valence-electron chi connectivity index (χ2n) is 8.71. The zero-order valence-electron chi connectivity index (χ0n) is 19.0. The lowest BCUT2D eigenvalue weighted by Crippen LogP contribution is -2.46. The molecule has 0 unspecified atom stereocenters. The monoisotopic (exact) mass is 469 g/mol. The van der Waals surface area contributed by atoms with Crippen molar-refractivity contribution in [3.63, 3.8) is 0 Å². The van der Waals surface area contributed by atoms with Crippen LogP contribution in [0.3, 0.4) is 0 Å². The summed E-state index contributed by atoms with van der Waals surface area (Å²) in [4.78, 5) is 26.5. The lowest BCUT2D eigenvalue weighted by Gasteiger charge is -2.36. The fourth-order valence-electron chi connectivity index (χ4n) is 3.65. The zero-order chi connectivity index (χ0) is 24.6. The molecular weight excluding hydrogens is 443 g/mol. The van der Waals surface area contributed by atoms with E-state index in [1.165, 1.54) is 31.1 Å². The second kappa shape index (κ2) is 8.99. The molecule has 33 heavy (non-hydrogen) atoms. The Balaban J connectivity index is 1.83. The molecule has 0 N–H and O–H groups in total. The van der Waals surface area contributed by atoms with Gasteiger partial charge < -0.3 is 18.6 Å². The van der Waals surface area contributed by atoms with Gasteiger partial charge in [0.05, 0.1) is 7.11 Å². The van der Waals surface area contributed by atoms with Crippen molar-refractivity contribution >= 4 is 12.1 Å². The zero-order valence-corrected chi connectivity index (χ0v) is 19.0. The Kier molecular flexibility index (Phi) is 6.67. The predicted octanol–water partition coefficient (Wildman–Crippen LogP) is 5.19. The smallest absolute Gasteiger partial charge is 0.449 e. The Morgan fingerprint density at radius 2 is 1.88 bits per heavy atom. The van der Waals surface area contributed by atoms with Gasteiger partial charge in [-0.1, -0.05) is 6.07 Å². The predicted molar refractivity (Wildman–Crippen MR) is 111 cm³/mol. The Bertz CT molecular complexity index is 1040. The number of alkyl halides is 3. The van der Waals surface area contributed by atoms with Gasteiger partial charge in [0.1, 0.15) is 23.7 Å². The van der Waals surface area contributed by atoms with Gasteiger partial charge >= 0.3 is 18.2 Å². The number of amides is 1. The first-order valence-corrected chi connectivity index (χ1v) is 10.3. The molecule has 7 nitrogen and oxygen atoms in total. The Hall–Kier alpha value is -3.17. The van der Waals surface area contributed by atoms with Gasteiger partial charge in [-0.25, -0.2) is 9.59 Å². The van der Waals surface area contributed by atoms with Crippen LogP contribution in [0.2, 0.25) is 0 Å². The number of benzene rings is 1. The summed E-state index contributed by atoms with van der Waals surface area (Å²) in [6, 6.07) is 5.07. The summed E-state index contributed by atoms with van der Waals surface area (Å²) in [6.07, 6.45) is -4.86. The molecule has 0 bridgehead atoms. The fourth-order valence-corrected chi connectivity index (χ4v) is 3.65. The highest BCUT2D eigenvalue weighted by Gasteiger charge is 2.40. The van der Waals surface area contributed by atoms with Gasteiger partial charge in [0, 0.05) is 12.1 Å². The highest BCUT2D eigenvalue weighted by atomic mass is 19.4. The van der Waals surface area contributed by atoms with Crippen LogP contribution in [0.1, 0.15) is 55.0 Å². The van der Waals surface area contributed by atoms with E-state index in [0.29, 0.717) is 17.7 Å². The number of esters is 1. The van der Waals surface area contributed by atoms with Crippen LogP contribution < -0.4 is 4.74 Å². The molecule has 180 valence electrons. The molecule has 2 aromatic rings. The number of aryl methyl sites for hydroxylation is 1. The van der Waals surface area contributed by atoms with E-state index < -0.39 is 35.6 Å². The molecule has 0 spiro atoms. The van der Waals surface area contributed by atoms with E-state index in [1.807, 2.05) is 0 Å². The van der Waals surface area contributed by atoms with Crippen LogP contribution in [0.15, 0.2) is 28.7 Å². The van der Waals surface area contributed by atoms with Crippen molar-refractivity contribution in [2.24, 2.45) is 0 Å². The molecule has 1 amide bonds. The molecule has 0 saturated heterocycles. The van der Waals surface area contributed by atoms with E-state index in [1.54, 1.807) is 32.9 Å². The van der Waals surface area contributed by atoms with E-state index in [0.717, 1.165) is 5.56 Å². The summed E-state index contributed by atoms with van der Waals surface area (Å²) < 4.78 is 60.1. The number of carbonyl (C=O) groups excluding carboxylic acids is 2. The number of ether oxygens (including phenoxy) is 3. The van der Waals surface area contributed by atoms with Crippen molar-refractivity contribution in [1.82, 2.24) is 4.90 Å². The number of halogens is 3. The summed E-state index contributed by atoms with van der Waals surface area (Å²) in [5.74, 6) is -1.25. The maximum atomic E-state index is 13.1. The molecule has 1 aliphatic heterocycles. The van der Waals surface area contributed by atoms with Crippen molar-refractivity contribution < 1.29 is 41.4 Å². The summed E-state index contributed by atoms with van der Waals surface area (Å²) in [5.41, 5.74) is 0.418. The Labute approximate surface area is 189 Å². The SMILES string of the molecule is COC(=O)[C@H]1c2ccc(OCc3cc(C)oc3C(F)(F)F)cc2CCN1C(=O)OC(C)(C)C. The standard InChI is InChI=1S/C23H26F3NO6/c1-13-10-15(19(32-13)23(24,25)26)12-31-16-6-7-17-14(11-16)8-9-27(18(17)20(28)30-5)21(29)33-22(2,3)4/h6-7,10-11,18H,8-9,12H2,1-5H3/t18-/m1/s1. The second-order valence-corrected chi connectivity index (χ2v) is 8.71. The average Bonchev–Trinajstić information content (AvgIpc) is 3.10. The van der Waals surface area contributed by atoms with E-state index in [2.05, 4.69) is 0 Å². The number of fused-ring (bicyclic) bond motifs is 1. The van der Waals surface area contributed by atoms with Gasteiger partial charge in [0.2, 0.25) is 5.76 Å². The fraction of sp³-hybridized carbons (Fsp3) is 0.478. The lowest BCUT2D eigenvalue weighted by atomic mass is 9.92. The number of furan rings is 1. The van der Waals surface area contributed by atoms with E-state index in [9.17, 15) is 22.8 Å². The Morgan fingerprint density at radius 1 is 1.18 bits per heavy atom. The van der Waals surface area contributed by atoms with Gasteiger partial charge in [0.25, 0.3) is 0 Å². The Morgan fingerprint density at radius 3 is 2.48 bits per heavy atom. The number of rotatable bonds is 4. The molecule has 0 radical (unpaired) electrons. The van der Waals surface area contributed by atoms with Crippen LogP contribution in [0.4, 0.5) is 18.0 Å². The normalized spacial score (nSPS) is 16.2. The van der Waals surface area contributed by atoms with Gasteiger partial charge in [-0.3, -0.25) is 4.90 Å². The van der Waals surface area contributed by atoms with Crippen LogP contribution in [0, 0.1) is 6.92 Å². The van der Waals surface area contributed by atoms with Gasteiger partial charge in [-0.2, -0.15) is 13.2 Å². The molecule has 3 rings (SSSR count). The van der Waals surface area contributed by atoms with Crippen molar-refractivity contribution in [2.45, 2.75) is 58.5 Å². The number of carbonyl (C=O) groups is 2. The quantitative estimate of drug-likeness (QED) is 0.574. The third-order valence-electron chi connectivity index (χ3n) is 4.98. The molecule has 2 heterocycles. The molecule has 0 fully saturated rings. The number of methoxy groups -OCH3 is 1. The molecule has 1 aromatic heterocycles. The van der Waals surface area contributed by atoms with Crippen molar-refractivity contribution in [3.05, 3.63) is 52.5 Å². The minimum absolute atomic E-state index is 0.110. The number of hydrogen-bond acceptors (Lipinski definition) is 6. The molecule has 0 aliphatic carbocycles. The van der Waals surface area contributed by atoms with E-state index in [4.69, 9.17) is 18.6 Å². The first-order valence-electron chi connectivity index (χ1n) is 10.3. The number of hydrogen-bond donors (Lipinski definition) is 0. The van der Waals surface area contributed by atoms with Crippen molar-refractivity contribution in [2.75, 3.05) is 13.7 Å². The van der Waals surface area contributed by atoms with Crippen LogP contribution in [0.25, 0.3) is 0 Å². The average molecular weight is 469 g/mol. The topological polar surface area (TPSA) is 78.2 Å². The van der Waals surface area contributed by atoms with Crippen LogP contribution >= 0.6 is 0 Å². The van der Waals surface area contributed by atoms with Crippen LogP contribution in [-0.4, -0.2) is 36.2 Å². The number of nitrogens with zero attached hydrogens (tertiary/aromatic N) is 1. The highest BCUT2D eigenvalue weighted by Crippen LogP contribution is 2.36. The molecule has 0 saturated carbocycles. The lowest BCUT2D eigenvalue weighted by molar-refractivity contribution is -0.154. The van der Waals surface area contributed by atoms with E-state index >= 15 is 0 Å². The summed E-state index contributed by atoms with van der Waals surface area (Å²) >= 11 is 0. The van der Waals surface area contributed by atoms with Gasteiger partial charge in [-0.15, -0.1) is 0 Å². The largest absolute Gasteiger partial charge is 0.489 e. The minimum Gasteiger partial charge on any atom is -0.489 e. The maximum absolute atomic E-state index is 13.1.